The van der Waals surface area contributed by atoms with Crippen LogP contribution in [-0.2, 0) is 11.3 Å². The third-order valence-corrected chi connectivity index (χ3v) is 4.23. The highest BCUT2D eigenvalue weighted by Gasteiger charge is 2.12. The molecule has 0 bridgehead atoms. The molecule has 4 rings (SSSR count). The summed E-state index contributed by atoms with van der Waals surface area (Å²) < 4.78 is 7.38. The number of carbonyl (C=O) groups excluding carboxylic acids is 1. The molecule has 1 amide bonds. The van der Waals surface area contributed by atoms with Gasteiger partial charge in [0.05, 0.1) is 19.3 Å². The highest BCUT2D eigenvalue weighted by Crippen LogP contribution is 2.23. The summed E-state index contributed by atoms with van der Waals surface area (Å²) in [6, 6.07) is 9.22. The molecule has 0 saturated carbocycles. The number of aliphatic carboxylic acids is 1. The minimum Gasteiger partial charge on any atom is -0.505 e. The Labute approximate surface area is 181 Å². The quantitative estimate of drug-likeness (QED) is 0.276. The summed E-state index contributed by atoms with van der Waals surface area (Å²) in [6.45, 7) is 0.633. The number of ether oxygens (including phenoxy) is 1. The Hall–Kier alpha value is -4.45. The first-order chi connectivity index (χ1) is 15.4. The molecule has 0 spiro atoms. The molecule has 166 valence electrons. The summed E-state index contributed by atoms with van der Waals surface area (Å²) >= 11 is 0. The minimum absolute atomic E-state index is 0.182. The smallest absolute Gasteiger partial charge is 0.317 e. The van der Waals surface area contributed by atoms with E-state index in [0.29, 0.717) is 24.4 Å². The maximum atomic E-state index is 11.1. The van der Waals surface area contributed by atoms with Crippen molar-refractivity contribution in [3.63, 3.8) is 0 Å². The van der Waals surface area contributed by atoms with Gasteiger partial charge < -0.3 is 31.4 Å². The number of amides is 1. The second-order valence-corrected chi connectivity index (χ2v) is 6.50. The van der Waals surface area contributed by atoms with Gasteiger partial charge in [-0.3, -0.25) is 9.59 Å². The highest BCUT2D eigenvalue weighted by molar-refractivity contribution is 5.93. The molecule has 0 atom stereocenters. The number of pyridine rings is 1. The van der Waals surface area contributed by atoms with Gasteiger partial charge in [-0.2, -0.15) is 0 Å². The average Bonchev–Trinajstić information content (AvgIpc) is 3.43. The van der Waals surface area contributed by atoms with Crippen molar-refractivity contribution < 1.29 is 24.5 Å². The molecular formula is C20H21N7O5. The number of primary amides is 1. The number of nitrogens with zero attached hydrogens (tertiary/aromatic N) is 4. The molecule has 7 N–H and O–H groups in total. The van der Waals surface area contributed by atoms with Crippen molar-refractivity contribution in [3.8, 4) is 22.8 Å². The van der Waals surface area contributed by atoms with Gasteiger partial charge in [0.1, 0.15) is 23.8 Å². The number of aromatic hydroxyl groups is 1. The Bertz CT molecular complexity index is 1230. The van der Waals surface area contributed by atoms with E-state index in [1.54, 1.807) is 10.9 Å². The van der Waals surface area contributed by atoms with Crippen LogP contribution in [0.3, 0.4) is 0 Å². The number of fused-ring (bicyclic) bond motifs is 1. The van der Waals surface area contributed by atoms with Gasteiger partial charge in [-0.15, -0.1) is 5.10 Å². The van der Waals surface area contributed by atoms with Gasteiger partial charge in [0.2, 0.25) is 0 Å². The van der Waals surface area contributed by atoms with Gasteiger partial charge in [-0.05, 0) is 29.7 Å². The Morgan fingerprint density at radius 1 is 1.22 bits per heavy atom. The van der Waals surface area contributed by atoms with Crippen molar-refractivity contribution in [2.45, 2.75) is 6.54 Å². The van der Waals surface area contributed by atoms with E-state index in [0.717, 1.165) is 16.7 Å². The van der Waals surface area contributed by atoms with Crippen molar-refractivity contribution in [2.24, 2.45) is 11.5 Å². The number of nitrogens with one attached hydrogen (secondary N) is 1. The lowest BCUT2D eigenvalue weighted by Gasteiger charge is -2.06. The molecule has 12 heteroatoms. The van der Waals surface area contributed by atoms with E-state index in [1.807, 2.05) is 30.5 Å². The molecule has 4 aromatic rings. The molecule has 0 radical (unpaired) electrons. The number of hydrogen-bond donors (Lipinski definition) is 5. The SMILES string of the molecule is NC(=O)c1ncc(-c2cn(CCOc3ccc4cc[nH]c4c3)nn2)cc1O.NCC(=O)O. The number of rotatable bonds is 7. The predicted molar refractivity (Wildman–Crippen MR) is 114 cm³/mol. The zero-order valence-corrected chi connectivity index (χ0v) is 16.8. The average molecular weight is 439 g/mol. The Morgan fingerprint density at radius 2 is 2.00 bits per heavy atom. The largest absolute Gasteiger partial charge is 0.505 e. The molecule has 0 fully saturated rings. The standard InChI is InChI=1S/C18H16N6O3.C2H5NO2/c19-18(26)17-16(25)7-12(9-21-17)15-10-24(23-22-15)5-6-27-13-2-1-11-3-4-20-14(11)8-13;3-1-2(4)5/h1-4,7-10,20,25H,5-6H2,(H2,19,26);1,3H2,(H,4,5). The highest BCUT2D eigenvalue weighted by atomic mass is 16.5. The third kappa shape index (κ3) is 5.58. The summed E-state index contributed by atoms with van der Waals surface area (Å²) in [6.07, 6.45) is 5.00. The van der Waals surface area contributed by atoms with Crippen molar-refractivity contribution in [3.05, 3.63) is 54.6 Å². The van der Waals surface area contributed by atoms with Crippen LogP contribution in [0.15, 0.2) is 48.9 Å². The number of aromatic nitrogens is 5. The molecule has 0 aliphatic carbocycles. The second kappa shape index (κ2) is 10.0. The van der Waals surface area contributed by atoms with E-state index in [9.17, 15) is 14.7 Å². The van der Waals surface area contributed by atoms with Crippen LogP contribution in [0.2, 0.25) is 0 Å². The molecule has 0 aliphatic heterocycles. The van der Waals surface area contributed by atoms with Crippen LogP contribution < -0.4 is 16.2 Å². The number of carboxylic acids is 1. The Morgan fingerprint density at radius 3 is 2.69 bits per heavy atom. The van der Waals surface area contributed by atoms with Gasteiger partial charge >= 0.3 is 5.97 Å². The first-order valence-electron chi connectivity index (χ1n) is 9.38. The van der Waals surface area contributed by atoms with Crippen LogP contribution >= 0.6 is 0 Å². The summed E-state index contributed by atoms with van der Waals surface area (Å²) in [4.78, 5) is 27.4. The molecule has 3 heterocycles. The van der Waals surface area contributed by atoms with Gasteiger partial charge in [0, 0.05) is 29.5 Å². The van der Waals surface area contributed by atoms with Crippen LogP contribution in [0.25, 0.3) is 22.2 Å². The van der Waals surface area contributed by atoms with Gasteiger partial charge in [-0.1, -0.05) is 5.21 Å². The first kappa shape index (κ1) is 22.2. The minimum atomic E-state index is -0.968. The number of nitrogens with two attached hydrogens (primary N) is 2. The molecule has 1 aromatic carbocycles. The fourth-order valence-corrected chi connectivity index (χ4v) is 2.70. The Balaban J connectivity index is 0.000000523. The van der Waals surface area contributed by atoms with Gasteiger partial charge in [0.25, 0.3) is 5.91 Å². The van der Waals surface area contributed by atoms with Crippen LogP contribution in [0.5, 0.6) is 11.5 Å². The van der Waals surface area contributed by atoms with Crippen LogP contribution in [0.1, 0.15) is 10.5 Å². The van der Waals surface area contributed by atoms with Gasteiger partial charge in [-0.25, -0.2) is 9.67 Å². The maximum absolute atomic E-state index is 11.1. The zero-order chi connectivity index (χ0) is 23.1. The lowest BCUT2D eigenvalue weighted by Crippen LogP contribution is -2.13. The third-order valence-electron chi connectivity index (χ3n) is 4.23. The lowest BCUT2D eigenvalue weighted by molar-refractivity contribution is -0.135. The van der Waals surface area contributed by atoms with E-state index in [1.165, 1.54) is 12.3 Å². The number of H-pyrrole nitrogens is 1. The predicted octanol–water partition coefficient (Wildman–Crippen LogP) is 0.735. The number of hydrogen-bond acceptors (Lipinski definition) is 8. The molecule has 0 unspecified atom stereocenters. The van der Waals surface area contributed by atoms with Crippen molar-refractivity contribution in [2.75, 3.05) is 13.2 Å². The number of carboxylic acid groups (broad SMARTS) is 1. The maximum Gasteiger partial charge on any atom is 0.317 e. The summed E-state index contributed by atoms with van der Waals surface area (Å²) in [5.74, 6) is -1.29. The topological polar surface area (TPSA) is 195 Å². The summed E-state index contributed by atoms with van der Waals surface area (Å²) in [7, 11) is 0. The van der Waals surface area contributed by atoms with Crippen molar-refractivity contribution >= 4 is 22.8 Å². The number of carbonyl (C=O) groups is 2. The Kier molecular flexibility index (Phi) is 6.98. The summed E-state index contributed by atoms with van der Waals surface area (Å²) in [5.41, 5.74) is 11.6. The fraction of sp³-hybridized carbons (Fsp3) is 0.150. The van der Waals surface area contributed by atoms with Crippen molar-refractivity contribution in [1.29, 1.82) is 0 Å². The normalized spacial score (nSPS) is 10.4. The monoisotopic (exact) mass is 439 g/mol. The molecule has 0 aliphatic rings. The van der Waals surface area contributed by atoms with E-state index >= 15 is 0 Å². The molecule has 0 saturated heterocycles. The fourth-order valence-electron chi connectivity index (χ4n) is 2.70. The second-order valence-electron chi connectivity index (χ2n) is 6.50. The first-order valence-corrected chi connectivity index (χ1v) is 9.38. The van der Waals surface area contributed by atoms with Gasteiger partial charge in [0.15, 0.2) is 5.69 Å². The van der Waals surface area contributed by atoms with E-state index < -0.39 is 11.9 Å². The van der Waals surface area contributed by atoms with E-state index in [2.05, 4.69) is 26.0 Å². The van der Waals surface area contributed by atoms with Crippen LogP contribution in [-0.4, -0.2) is 60.2 Å². The van der Waals surface area contributed by atoms with Crippen LogP contribution in [0.4, 0.5) is 0 Å². The van der Waals surface area contributed by atoms with E-state index in [-0.39, 0.29) is 18.0 Å². The number of benzene rings is 1. The molecule has 3 aromatic heterocycles. The molecular weight excluding hydrogens is 418 g/mol. The summed E-state index contributed by atoms with van der Waals surface area (Å²) in [5, 5.41) is 26.6. The molecule has 12 nitrogen and oxygen atoms in total. The zero-order valence-electron chi connectivity index (χ0n) is 16.8. The van der Waals surface area contributed by atoms with Crippen molar-refractivity contribution in [1.82, 2.24) is 25.0 Å². The van der Waals surface area contributed by atoms with E-state index in [4.69, 9.17) is 15.6 Å². The number of aromatic amines is 1. The van der Waals surface area contributed by atoms with Crippen LogP contribution in [0, 0.1) is 0 Å². The molecule has 32 heavy (non-hydrogen) atoms. The lowest BCUT2D eigenvalue weighted by atomic mass is 10.2.